The van der Waals surface area contributed by atoms with Crippen molar-refractivity contribution >= 4 is 6.08 Å². The molecule has 2 aromatic carbocycles. The molecule has 0 fully saturated rings. The minimum atomic E-state index is 0.485. The van der Waals surface area contributed by atoms with Gasteiger partial charge < -0.3 is 0 Å². The molecule has 0 N–H and O–H groups in total. The van der Waals surface area contributed by atoms with Crippen molar-refractivity contribution in [3.05, 3.63) is 65.2 Å². The van der Waals surface area contributed by atoms with E-state index in [1.807, 2.05) is 13.8 Å². The van der Waals surface area contributed by atoms with E-state index in [4.69, 9.17) is 0 Å². The summed E-state index contributed by atoms with van der Waals surface area (Å²) in [6, 6.07) is 15.2. The average molecular weight is 250 g/mol. The summed E-state index contributed by atoms with van der Waals surface area (Å²) in [6.45, 7) is 8.48. The molecule has 0 heteroatoms. The van der Waals surface area contributed by atoms with Crippen LogP contribution in [0.3, 0.4) is 0 Å². The summed E-state index contributed by atoms with van der Waals surface area (Å²) in [7, 11) is 0. The van der Waals surface area contributed by atoms with Crippen molar-refractivity contribution < 1.29 is 0 Å². The Morgan fingerprint density at radius 3 is 2.32 bits per heavy atom. The van der Waals surface area contributed by atoms with E-state index in [1.54, 1.807) is 0 Å². The third-order valence-electron chi connectivity index (χ3n) is 3.59. The summed E-state index contributed by atoms with van der Waals surface area (Å²) in [5.74, 6) is 0.485. The van der Waals surface area contributed by atoms with E-state index in [9.17, 15) is 0 Å². The van der Waals surface area contributed by atoms with Crippen LogP contribution >= 0.6 is 0 Å². The van der Waals surface area contributed by atoms with Crippen LogP contribution in [0, 0.1) is 6.92 Å². The third kappa shape index (κ3) is 2.49. The monoisotopic (exact) mass is 250 g/mol. The maximum atomic E-state index is 2.30. The topological polar surface area (TPSA) is 0 Å². The van der Waals surface area contributed by atoms with Gasteiger partial charge in [-0.1, -0.05) is 75.4 Å². The van der Waals surface area contributed by atoms with Crippen LogP contribution in [0.1, 0.15) is 43.4 Å². The van der Waals surface area contributed by atoms with Gasteiger partial charge in [0.25, 0.3) is 0 Å². The number of hydrogen-bond donors (Lipinski definition) is 0. The lowest BCUT2D eigenvalue weighted by Gasteiger charge is -2.15. The number of hydrogen-bond acceptors (Lipinski definition) is 0. The third-order valence-corrected chi connectivity index (χ3v) is 3.59. The van der Waals surface area contributed by atoms with Crippen molar-refractivity contribution in [1.82, 2.24) is 0 Å². The second kappa shape index (κ2) is 5.88. The Labute approximate surface area is 116 Å². The Kier molecular flexibility index (Phi) is 4.21. The highest BCUT2D eigenvalue weighted by Crippen LogP contribution is 2.37. The smallest absolute Gasteiger partial charge is 0.000168 e. The number of aryl methyl sites for hydroxylation is 1. The van der Waals surface area contributed by atoms with Gasteiger partial charge in [-0.2, -0.15) is 0 Å². The summed E-state index contributed by atoms with van der Waals surface area (Å²) < 4.78 is 0. The first kappa shape index (κ1) is 13.6. The van der Waals surface area contributed by atoms with Crippen molar-refractivity contribution in [3.8, 4) is 11.1 Å². The first-order valence-corrected chi connectivity index (χ1v) is 7.14. The second-order valence-electron chi connectivity index (χ2n) is 4.77. The molecule has 0 amide bonds. The fourth-order valence-electron chi connectivity index (χ4n) is 2.75. The van der Waals surface area contributed by atoms with Gasteiger partial charge in [0.2, 0.25) is 0 Å². The van der Waals surface area contributed by atoms with E-state index >= 15 is 0 Å². The lowest BCUT2D eigenvalue weighted by atomic mass is 9.89. The van der Waals surface area contributed by atoms with Gasteiger partial charge in [0.05, 0.1) is 0 Å². The maximum Gasteiger partial charge on any atom is 0.000168 e. The fourth-order valence-corrected chi connectivity index (χ4v) is 2.75. The van der Waals surface area contributed by atoms with Crippen molar-refractivity contribution in [2.75, 3.05) is 0 Å². The van der Waals surface area contributed by atoms with Crippen LogP contribution in [0.15, 0.2) is 48.5 Å². The van der Waals surface area contributed by atoms with Crippen molar-refractivity contribution in [1.29, 1.82) is 0 Å². The molecule has 0 aliphatic heterocycles. The molecule has 0 spiro atoms. The Balaban J connectivity index is 0.000000637. The van der Waals surface area contributed by atoms with Crippen LogP contribution < -0.4 is 0 Å². The zero-order valence-electron chi connectivity index (χ0n) is 12.3. The molecule has 1 aliphatic rings. The highest BCUT2D eigenvalue weighted by molar-refractivity contribution is 5.80. The molecule has 98 valence electrons. The SMILES string of the molecule is CC.Cc1cccc2c1C(C)C=Cc1ccccc1-2. The molecule has 2 aromatic rings. The fraction of sp³-hybridized carbons (Fsp3) is 0.263. The van der Waals surface area contributed by atoms with Crippen LogP contribution in [-0.4, -0.2) is 0 Å². The van der Waals surface area contributed by atoms with Crippen LogP contribution in [0.25, 0.3) is 17.2 Å². The maximum absolute atomic E-state index is 2.30. The predicted octanol–water partition coefficient (Wildman–Crippen LogP) is 5.82. The quantitative estimate of drug-likeness (QED) is 0.552. The molecule has 1 unspecified atom stereocenters. The predicted molar refractivity (Wildman–Crippen MR) is 85.4 cm³/mol. The lowest BCUT2D eigenvalue weighted by molar-refractivity contribution is 0.963. The van der Waals surface area contributed by atoms with Gasteiger partial charge in [0, 0.05) is 5.92 Å². The van der Waals surface area contributed by atoms with E-state index < -0.39 is 0 Å². The van der Waals surface area contributed by atoms with Crippen LogP contribution in [0.5, 0.6) is 0 Å². The Morgan fingerprint density at radius 1 is 0.842 bits per heavy atom. The first-order chi connectivity index (χ1) is 9.27. The molecule has 0 aromatic heterocycles. The molecule has 19 heavy (non-hydrogen) atoms. The minimum Gasteiger partial charge on any atom is -0.0766 e. The number of benzene rings is 2. The largest absolute Gasteiger partial charge is 0.0766 e. The first-order valence-electron chi connectivity index (χ1n) is 7.14. The summed E-state index contributed by atoms with van der Waals surface area (Å²) in [5, 5.41) is 0. The van der Waals surface area contributed by atoms with Gasteiger partial charge in [0.15, 0.2) is 0 Å². The number of allylic oxidation sites excluding steroid dienone is 1. The van der Waals surface area contributed by atoms with Gasteiger partial charge >= 0.3 is 0 Å². The normalized spacial score (nSPS) is 15.7. The summed E-state index contributed by atoms with van der Waals surface area (Å²) in [6.07, 6.45) is 4.55. The Morgan fingerprint density at radius 2 is 1.53 bits per heavy atom. The van der Waals surface area contributed by atoms with E-state index in [0.717, 1.165) is 0 Å². The standard InChI is InChI=1S/C17H16.C2H6/c1-12-6-5-9-16-15-8-4-3-7-14(15)11-10-13(2)17(12)16;1-2/h3-11,13H,1-2H3;1-2H3. The van der Waals surface area contributed by atoms with Gasteiger partial charge in [-0.15, -0.1) is 0 Å². The minimum absolute atomic E-state index is 0.485. The van der Waals surface area contributed by atoms with Gasteiger partial charge in [-0.05, 0) is 34.7 Å². The molecule has 0 bridgehead atoms. The van der Waals surface area contributed by atoms with E-state index in [1.165, 1.54) is 27.8 Å². The Bertz CT molecular complexity index is 591. The van der Waals surface area contributed by atoms with Gasteiger partial charge in [0.1, 0.15) is 0 Å². The van der Waals surface area contributed by atoms with Crippen LogP contribution in [0.4, 0.5) is 0 Å². The highest BCUT2D eigenvalue weighted by atomic mass is 14.2. The molecule has 0 nitrogen and oxygen atoms in total. The van der Waals surface area contributed by atoms with Crippen molar-refractivity contribution in [2.45, 2.75) is 33.6 Å². The summed E-state index contributed by atoms with van der Waals surface area (Å²) in [4.78, 5) is 0. The molecular formula is C19H22. The van der Waals surface area contributed by atoms with Crippen LogP contribution in [-0.2, 0) is 0 Å². The van der Waals surface area contributed by atoms with E-state index in [2.05, 4.69) is 68.5 Å². The molecule has 0 saturated heterocycles. The Hall–Kier alpha value is -1.82. The second-order valence-corrected chi connectivity index (χ2v) is 4.77. The molecule has 0 heterocycles. The summed E-state index contributed by atoms with van der Waals surface area (Å²) in [5.41, 5.74) is 6.92. The lowest BCUT2D eigenvalue weighted by Crippen LogP contribution is -1.95. The molecular weight excluding hydrogens is 228 g/mol. The van der Waals surface area contributed by atoms with E-state index in [-0.39, 0.29) is 0 Å². The number of rotatable bonds is 0. The van der Waals surface area contributed by atoms with Crippen molar-refractivity contribution in [3.63, 3.8) is 0 Å². The summed E-state index contributed by atoms with van der Waals surface area (Å²) >= 11 is 0. The van der Waals surface area contributed by atoms with E-state index in [0.29, 0.717) is 5.92 Å². The molecule has 1 atom stereocenters. The molecule has 3 rings (SSSR count). The zero-order chi connectivity index (χ0) is 13.8. The average Bonchev–Trinajstić information content (AvgIpc) is 2.60. The molecule has 1 aliphatic carbocycles. The molecule has 0 saturated carbocycles. The van der Waals surface area contributed by atoms with Crippen molar-refractivity contribution in [2.24, 2.45) is 0 Å². The van der Waals surface area contributed by atoms with Gasteiger partial charge in [-0.25, -0.2) is 0 Å². The highest BCUT2D eigenvalue weighted by Gasteiger charge is 2.16. The van der Waals surface area contributed by atoms with Crippen LogP contribution in [0.2, 0.25) is 0 Å². The number of fused-ring (bicyclic) bond motifs is 3. The van der Waals surface area contributed by atoms with Gasteiger partial charge in [-0.3, -0.25) is 0 Å². The molecule has 0 radical (unpaired) electrons. The zero-order valence-corrected chi connectivity index (χ0v) is 12.3.